The van der Waals surface area contributed by atoms with Crippen LogP contribution in [0.3, 0.4) is 0 Å². The van der Waals surface area contributed by atoms with Crippen molar-refractivity contribution >= 4 is 0 Å². The topological polar surface area (TPSA) is 34.4 Å². The van der Waals surface area contributed by atoms with Gasteiger partial charge in [-0.3, -0.25) is 0 Å². The SMILES string of the molecule is CNC(Cc1ccco1)C1CCC(C)O1. The molecule has 3 unspecified atom stereocenters. The van der Waals surface area contributed by atoms with Crippen molar-refractivity contribution < 1.29 is 9.15 Å². The van der Waals surface area contributed by atoms with E-state index in [1.54, 1.807) is 6.26 Å². The molecule has 3 atom stereocenters. The smallest absolute Gasteiger partial charge is 0.105 e. The lowest BCUT2D eigenvalue weighted by Gasteiger charge is -2.22. The molecule has 3 nitrogen and oxygen atoms in total. The largest absolute Gasteiger partial charge is 0.469 e. The summed E-state index contributed by atoms with van der Waals surface area (Å²) in [6.07, 6.45) is 5.67. The zero-order valence-corrected chi connectivity index (χ0v) is 9.40. The van der Waals surface area contributed by atoms with E-state index < -0.39 is 0 Å². The minimum absolute atomic E-state index is 0.329. The van der Waals surface area contributed by atoms with Crippen LogP contribution in [0.4, 0.5) is 0 Å². The number of ether oxygens (including phenoxy) is 1. The van der Waals surface area contributed by atoms with E-state index in [1.165, 1.54) is 6.42 Å². The number of hydrogen-bond donors (Lipinski definition) is 1. The van der Waals surface area contributed by atoms with Gasteiger partial charge in [-0.15, -0.1) is 0 Å². The van der Waals surface area contributed by atoms with E-state index in [4.69, 9.17) is 9.15 Å². The molecular formula is C12H19NO2. The second-order valence-electron chi connectivity index (χ2n) is 4.24. The van der Waals surface area contributed by atoms with Crippen molar-refractivity contribution in [1.29, 1.82) is 0 Å². The summed E-state index contributed by atoms with van der Waals surface area (Å²) in [5, 5.41) is 3.32. The van der Waals surface area contributed by atoms with E-state index in [-0.39, 0.29) is 0 Å². The Hall–Kier alpha value is -0.800. The summed E-state index contributed by atoms with van der Waals surface area (Å²) in [5.74, 6) is 1.03. The van der Waals surface area contributed by atoms with Gasteiger partial charge < -0.3 is 14.5 Å². The van der Waals surface area contributed by atoms with E-state index in [9.17, 15) is 0 Å². The van der Waals surface area contributed by atoms with Crippen LogP contribution in [0.5, 0.6) is 0 Å². The molecule has 84 valence electrons. The van der Waals surface area contributed by atoms with Gasteiger partial charge in [0.1, 0.15) is 5.76 Å². The molecule has 0 saturated carbocycles. The summed E-state index contributed by atoms with van der Waals surface area (Å²) in [6.45, 7) is 2.14. The minimum Gasteiger partial charge on any atom is -0.469 e. The minimum atomic E-state index is 0.329. The number of hydrogen-bond acceptors (Lipinski definition) is 3. The fourth-order valence-electron chi connectivity index (χ4n) is 2.19. The normalized spacial score (nSPS) is 28.1. The van der Waals surface area contributed by atoms with Crippen LogP contribution < -0.4 is 5.32 Å². The molecule has 1 aromatic heterocycles. The zero-order valence-electron chi connectivity index (χ0n) is 9.40. The highest BCUT2D eigenvalue weighted by molar-refractivity contribution is 5.02. The Labute approximate surface area is 90.8 Å². The van der Waals surface area contributed by atoms with Crippen LogP contribution >= 0.6 is 0 Å². The molecule has 0 bridgehead atoms. The van der Waals surface area contributed by atoms with Crippen molar-refractivity contribution in [2.45, 2.75) is 44.4 Å². The Morgan fingerprint density at radius 2 is 2.40 bits per heavy atom. The van der Waals surface area contributed by atoms with Crippen LogP contribution in [0, 0.1) is 0 Å². The molecule has 1 aliphatic rings. The Balaban J connectivity index is 1.92. The Bertz CT molecular complexity index is 284. The first-order valence-corrected chi connectivity index (χ1v) is 5.64. The van der Waals surface area contributed by atoms with Gasteiger partial charge >= 0.3 is 0 Å². The predicted molar refractivity (Wildman–Crippen MR) is 58.8 cm³/mol. The molecule has 3 heteroatoms. The van der Waals surface area contributed by atoms with E-state index in [2.05, 4.69) is 12.2 Å². The van der Waals surface area contributed by atoms with Crippen LogP contribution in [-0.4, -0.2) is 25.3 Å². The molecule has 1 fully saturated rings. The Morgan fingerprint density at radius 1 is 1.53 bits per heavy atom. The van der Waals surface area contributed by atoms with Crippen LogP contribution in [0.25, 0.3) is 0 Å². The summed E-state index contributed by atoms with van der Waals surface area (Å²) in [6, 6.07) is 4.31. The molecule has 0 aliphatic carbocycles. The molecule has 1 N–H and O–H groups in total. The van der Waals surface area contributed by atoms with Gasteiger partial charge in [-0.2, -0.15) is 0 Å². The predicted octanol–water partition coefficient (Wildman–Crippen LogP) is 1.98. The average Bonchev–Trinajstić information content (AvgIpc) is 2.85. The molecule has 2 heterocycles. The molecule has 0 amide bonds. The maximum Gasteiger partial charge on any atom is 0.105 e. The molecule has 15 heavy (non-hydrogen) atoms. The molecular weight excluding hydrogens is 190 g/mol. The quantitative estimate of drug-likeness (QED) is 0.823. The lowest BCUT2D eigenvalue weighted by atomic mass is 10.0. The molecule has 0 radical (unpaired) electrons. The summed E-state index contributed by atoms with van der Waals surface area (Å²) in [5.41, 5.74) is 0. The van der Waals surface area contributed by atoms with Crippen molar-refractivity contribution in [2.75, 3.05) is 7.05 Å². The van der Waals surface area contributed by atoms with Crippen LogP contribution in [0.1, 0.15) is 25.5 Å². The summed E-state index contributed by atoms with van der Waals surface area (Å²) in [4.78, 5) is 0. The van der Waals surface area contributed by atoms with Gasteiger partial charge in [-0.25, -0.2) is 0 Å². The van der Waals surface area contributed by atoms with E-state index in [1.807, 2.05) is 19.2 Å². The first-order chi connectivity index (χ1) is 7.29. The van der Waals surface area contributed by atoms with Gasteiger partial charge in [0.05, 0.1) is 18.5 Å². The second kappa shape index (κ2) is 4.81. The van der Waals surface area contributed by atoms with E-state index in [0.717, 1.165) is 18.6 Å². The fraction of sp³-hybridized carbons (Fsp3) is 0.667. The molecule has 1 aliphatic heterocycles. The summed E-state index contributed by atoms with van der Waals surface area (Å²) < 4.78 is 11.2. The third-order valence-corrected chi connectivity index (χ3v) is 3.09. The van der Waals surface area contributed by atoms with Crippen molar-refractivity contribution in [3.8, 4) is 0 Å². The van der Waals surface area contributed by atoms with Gasteiger partial charge in [0.15, 0.2) is 0 Å². The first kappa shape index (κ1) is 10.7. The lowest BCUT2D eigenvalue weighted by Crippen LogP contribution is -2.39. The molecule has 0 spiro atoms. The molecule has 0 aromatic carbocycles. The lowest BCUT2D eigenvalue weighted by molar-refractivity contribution is 0.0327. The fourth-order valence-corrected chi connectivity index (χ4v) is 2.19. The van der Waals surface area contributed by atoms with Crippen molar-refractivity contribution in [3.63, 3.8) is 0 Å². The van der Waals surface area contributed by atoms with Gasteiger partial charge in [-0.05, 0) is 38.9 Å². The average molecular weight is 209 g/mol. The highest BCUT2D eigenvalue weighted by atomic mass is 16.5. The number of rotatable bonds is 4. The monoisotopic (exact) mass is 209 g/mol. The van der Waals surface area contributed by atoms with Crippen LogP contribution in [-0.2, 0) is 11.2 Å². The second-order valence-corrected chi connectivity index (χ2v) is 4.24. The van der Waals surface area contributed by atoms with E-state index in [0.29, 0.717) is 18.2 Å². The van der Waals surface area contributed by atoms with Crippen LogP contribution in [0.15, 0.2) is 22.8 Å². The molecule has 2 rings (SSSR count). The maximum absolute atomic E-state index is 5.86. The summed E-state index contributed by atoms with van der Waals surface area (Å²) in [7, 11) is 1.99. The van der Waals surface area contributed by atoms with Crippen LogP contribution in [0.2, 0.25) is 0 Å². The van der Waals surface area contributed by atoms with Gasteiger partial charge in [0.2, 0.25) is 0 Å². The zero-order chi connectivity index (χ0) is 10.7. The third kappa shape index (κ3) is 2.61. The van der Waals surface area contributed by atoms with E-state index >= 15 is 0 Å². The molecule has 1 aromatic rings. The van der Waals surface area contributed by atoms with Gasteiger partial charge in [0.25, 0.3) is 0 Å². The Morgan fingerprint density at radius 3 is 2.93 bits per heavy atom. The van der Waals surface area contributed by atoms with Crippen molar-refractivity contribution in [3.05, 3.63) is 24.2 Å². The first-order valence-electron chi connectivity index (χ1n) is 5.64. The van der Waals surface area contributed by atoms with Crippen molar-refractivity contribution in [1.82, 2.24) is 5.32 Å². The summed E-state index contributed by atoms with van der Waals surface area (Å²) >= 11 is 0. The van der Waals surface area contributed by atoms with Crippen molar-refractivity contribution in [2.24, 2.45) is 0 Å². The van der Waals surface area contributed by atoms with Gasteiger partial charge in [0, 0.05) is 12.5 Å². The maximum atomic E-state index is 5.86. The van der Waals surface area contributed by atoms with Gasteiger partial charge in [-0.1, -0.05) is 0 Å². The highest BCUT2D eigenvalue weighted by Crippen LogP contribution is 2.23. The highest BCUT2D eigenvalue weighted by Gasteiger charge is 2.29. The number of nitrogens with one attached hydrogen (secondary N) is 1. The molecule has 1 saturated heterocycles. The number of likely N-dealkylation sites (N-methyl/N-ethyl adjacent to an activating group) is 1. The Kier molecular flexibility index (Phi) is 3.44. The third-order valence-electron chi connectivity index (χ3n) is 3.09. The number of furan rings is 1. The standard InChI is InChI=1S/C12H19NO2/c1-9-5-6-12(15-9)11(13-2)8-10-4-3-7-14-10/h3-4,7,9,11-13H,5-6,8H2,1-2H3.